The molecule has 0 radical (unpaired) electrons. The van der Waals surface area contributed by atoms with E-state index >= 15 is 0 Å². The topological polar surface area (TPSA) is 53.5 Å². The normalized spacial score (nSPS) is 21.2. The third-order valence-electron chi connectivity index (χ3n) is 6.96. The second-order valence-corrected chi connectivity index (χ2v) is 10.3. The number of fused-ring (bicyclic) bond motifs is 1. The first-order chi connectivity index (χ1) is 15.5. The zero-order chi connectivity index (χ0) is 22.1. The molecule has 2 unspecified atom stereocenters. The molecular weight excluding hydrogens is 418 g/mol. The van der Waals surface area contributed by atoms with Crippen LogP contribution in [0.1, 0.15) is 43.2 Å². The van der Waals surface area contributed by atoms with E-state index in [1.165, 1.54) is 0 Å². The second kappa shape index (κ2) is 8.66. The van der Waals surface area contributed by atoms with Gasteiger partial charge in [-0.1, -0.05) is 42.5 Å². The van der Waals surface area contributed by atoms with Crippen LogP contribution in [0.3, 0.4) is 0 Å². The van der Waals surface area contributed by atoms with E-state index in [0.29, 0.717) is 19.4 Å². The van der Waals surface area contributed by atoms with Crippen LogP contribution >= 0.6 is 11.3 Å². The predicted molar refractivity (Wildman–Crippen MR) is 128 cm³/mol. The van der Waals surface area contributed by atoms with Crippen LogP contribution in [0.15, 0.2) is 54.6 Å². The summed E-state index contributed by atoms with van der Waals surface area (Å²) in [4.78, 5) is 35.2. The molecule has 5 nitrogen and oxygen atoms in total. The van der Waals surface area contributed by atoms with Crippen molar-refractivity contribution < 1.29 is 9.59 Å². The average Bonchev–Trinajstić information content (AvgIpc) is 3.44. The van der Waals surface area contributed by atoms with Crippen molar-refractivity contribution in [3.63, 3.8) is 0 Å². The Labute approximate surface area is 193 Å². The van der Waals surface area contributed by atoms with Crippen molar-refractivity contribution in [1.29, 1.82) is 0 Å². The number of hydrogen-bond acceptors (Lipinski definition) is 4. The number of nitrogens with zero attached hydrogens (tertiary/aromatic N) is 3. The minimum absolute atomic E-state index is 0.138. The molecule has 3 aromatic rings. The molecule has 3 heterocycles. The molecule has 2 aliphatic rings. The van der Waals surface area contributed by atoms with E-state index in [9.17, 15) is 9.59 Å². The van der Waals surface area contributed by atoms with E-state index in [1.54, 1.807) is 11.3 Å². The molecule has 2 atom stereocenters. The number of para-hydroxylation sites is 1. The first-order valence-corrected chi connectivity index (χ1v) is 12.3. The zero-order valence-electron chi connectivity index (χ0n) is 18.5. The Morgan fingerprint density at radius 2 is 1.88 bits per heavy atom. The summed E-state index contributed by atoms with van der Waals surface area (Å²) >= 11 is 1.67. The van der Waals surface area contributed by atoms with Crippen LogP contribution in [-0.4, -0.2) is 52.3 Å². The largest absolute Gasteiger partial charge is 0.340 e. The molecular formula is C26H29N3O2S. The molecule has 2 fully saturated rings. The van der Waals surface area contributed by atoms with Crippen LogP contribution in [0.4, 0.5) is 0 Å². The molecule has 6 heteroatoms. The van der Waals surface area contributed by atoms with Crippen molar-refractivity contribution in [2.75, 3.05) is 19.6 Å². The van der Waals surface area contributed by atoms with Crippen molar-refractivity contribution >= 4 is 33.4 Å². The van der Waals surface area contributed by atoms with Crippen molar-refractivity contribution in [2.24, 2.45) is 0 Å². The Balaban J connectivity index is 1.44. The number of thiazole rings is 1. The summed E-state index contributed by atoms with van der Waals surface area (Å²) in [6, 6.07) is 18.4. The summed E-state index contributed by atoms with van der Waals surface area (Å²) in [5.41, 5.74) is 1.30. The van der Waals surface area contributed by atoms with Gasteiger partial charge >= 0.3 is 0 Å². The van der Waals surface area contributed by atoms with Gasteiger partial charge in [-0.3, -0.25) is 9.59 Å². The maximum absolute atomic E-state index is 14.1. The second-order valence-electron chi connectivity index (χ2n) is 9.19. The van der Waals surface area contributed by atoms with Crippen molar-refractivity contribution in [2.45, 2.75) is 50.5 Å². The van der Waals surface area contributed by atoms with Gasteiger partial charge in [-0.25, -0.2) is 4.98 Å². The number of hydrogen-bond donors (Lipinski definition) is 0. The predicted octanol–water partition coefficient (Wildman–Crippen LogP) is 4.41. The lowest BCUT2D eigenvalue weighted by Crippen LogP contribution is -2.54. The highest BCUT2D eigenvalue weighted by molar-refractivity contribution is 7.18. The van der Waals surface area contributed by atoms with E-state index in [4.69, 9.17) is 4.98 Å². The Bertz CT molecular complexity index is 1100. The van der Waals surface area contributed by atoms with Crippen molar-refractivity contribution in [3.05, 3.63) is 65.2 Å². The Morgan fingerprint density at radius 1 is 1.09 bits per heavy atom. The molecule has 2 amide bonds. The van der Waals surface area contributed by atoms with Crippen molar-refractivity contribution in [3.8, 4) is 0 Å². The maximum Gasteiger partial charge on any atom is 0.233 e. The molecule has 0 N–H and O–H groups in total. The van der Waals surface area contributed by atoms with Crippen LogP contribution in [0.2, 0.25) is 0 Å². The molecule has 166 valence electrons. The lowest BCUT2D eigenvalue weighted by Gasteiger charge is -2.41. The number of carbonyl (C=O) groups excluding carboxylic acids is 2. The fraction of sp³-hybridized carbons (Fsp3) is 0.423. The summed E-state index contributed by atoms with van der Waals surface area (Å²) in [5.74, 6) is 0.379. The van der Waals surface area contributed by atoms with Gasteiger partial charge in [0.05, 0.1) is 20.6 Å². The standard InChI is InChI=1S/C26H29N3O2S/c1-26(19-9-3-2-4-10-19,17-23-27-21-12-5-6-13-22(21)32-23)25(31)28-15-7-11-20(18-28)29-16-8-14-24(29)30/h2-6,9-10,12-13,20H,7-8,11,14-18H2,1H3. The minimum atomic E-state index is -0.702. The van der Waals surface area contributed by atoms with Gasteiger partial charge in [-0.15, -0.1) is 11.3 Å². The molecule has 2 aromatic carbocycles. The average molecular weight is 448 g/mol. The SMILES string of the molecule is CC(Cc1nc2ccccc2s1)(C(=O)N1CCCC(N2CCCC2=O)C1)c1ccccc1. The molecule has 2 saturated heterocycles. The fourth-order valence-corrected chi connectivity index (χ4v) is 6.33. The Hall–Kier alpha value is -2.73. The van der Waals surface area contributed by atoms with E-state index in [1.807, 2.05) is 46.2 Å². The number of aromatic nitrogens is 1. The van der Waals surface area contributed by atoms with Gasteiger partial charge in [0, 0.05) is 38.5 Å². The highest BCUT2D eigenvalue weighted by atomic mass is 32.1. The smallest absolute Gasteiger partial charge is 0.233 e. The third-order valence-corrected chi connectivity index (χ3v) is 8.00. The van der Waals surface area contributed by atoms with Crippen molar-refractivity contribution in [1.82, 2.24) is 14.8 Å². The molecule has 1 aromatic heterocycles. The van der Waals surface area contributed by atoms with Gasteiger partial charge in [0.25, 0.3) is 0 Å². The van der Waals surface area contributed by atoms with Crippen LogP contribution in [0, 0.1) is 0 Å². The number of carbonyl (C=O) groups is 2. The van der Waals surface area contributed by atoms with Crippen LogP contribution in [0.5, 0.6) is 0 Å². The first-order valence-electron chi connectivity index (χ1n) is 11.5. The van der Waals surface area contributed by atoms with Crippen LogP contribution in [-0.2, 0) is 21.4 Å². The van der Waals surface area contributed by atoms with E-state index in [-0.39, 0.29) is 17.9 Å². The minimum Gasteiger partial charge on any atom is -0.340 e. The van der Waals surface area contributed by atoms with E-state index in [0.717, 1.165) is 53.1 Å². The highest BCUT2D eigenvalue weighted by Gasteiger charge is 2.42. The molecule has 0 saturated carbocycles. The highest BCUT2D eigenvalue weighted by Crippen LogP contribution is 2.35. The molecule has 5 rings (SSSR count). The summed E-state index contributed by atoms with van der Waals surface area (Å²) in [6.07, 6.45) is 4.06. The number of rotatable bonds is 5. The van der Waals surface area contributed by atoms with Gasteiger partial charge in [0.1, 0.15) is 0 Å². The van der Waals surface area contributed by atoms with Gasteiger partial charge in [0.15, 0.2) is 0 Å². The molecule has 0 spiro atoms. The summed E-state index contributed by atoms with van der Waals surface area (Å²) in [7, 11) is 0. The number of amides is 2. The van der Waals surface area contributed by atoms with Gasteiger partial charge < -0.3 is 9.80 Å². The Kier molecular flexibility index (Phi) is 5.72. The quantitative estimate of drug-likeness (QED) is 0.582. The monoisotopic (exact) mass is 447 g/mol. The summed E-state index contributed by atoms with van der Waals surface area (Å²) in [6.45, 7) is 4.26. The Morgan fingerprint density at radius 3 is 2.62 bits per heavy atom. The first kappa shape index (κ1) is 21.1. The molecule has 0 aliphatic carbocycles. The summed E-state index contributed by atoms with van der Waals surface area (Å²) in [5, 5.41) is 0.981. The lowest BCUT2D eigenvalue weighted by molar-refractivity contribution is -0.141. The van der Waals surface area contributed by atoms with Gasteiger partial charge in [-0.2, -0.15) is 0 Å². The van der Waals surface area contributed by atoms with Crippen LogP contribution in [0.25, 0.3) is 10.2 Å². The lowest BCUT2D eigenvalue weighted by atomic mass is 9.77. The van der Waals surface area contributed by atoms with Gasteiger partial charge in [-0.05, 0) is 43.9 Å². The molecule has 0 bridgehead atoms. The molecule has 32 heavy (non-hydrogen) atoms. The molecule has 2 aliphatic heterocycles. The van der Waals surface area contributed by atoms with Crippen LogP contribution < -0.4 is 0 Å². The number of likely N-dealkylation sites (tertiary alicyclic amines) is 2. The van der Waals surface area contributed by atoms with E-state index < -0.39 is 5.41 Å². The van der Waals surface area contributed by atoms with E-state index in [2.05, 4.69) is 25.1 Å². The zero-order valence-corrected chi connectivity index (χ0v) is 19.3. The number of benzene rings is 2. The third kappa shape index (κ3) is 3.92. The number of piperidine rings is 1. The maximum atomic E-state index is 14.1. The summed E-state index contributed by atoms with van der Waals surface area (Å²) < 4.78 is 1.15. The fourth-order valence-electron chi connectivity index (χ4n) is 5.20. The van der Waals surface area contributed by atoms with Gasteiger partial charge in [0.2, 0.25) is 11.8 Å².